The van der Waals surface area contributed by atoms with Crippen LogP contribution in [0.2, 0.25) is 0 Å². The SMILES string of the molecule is CCc1nn(C)cc1NC(=O)N1CCCC1(C)C(=O)O. The molecule has 1 atom stereocenters. The van der Waals surface area contributed by atoms with Gasteiger partial charge in [0.25, 0.3) is 0 Å². The van der Waals surface area contributed by atoms with E-state index in [0.717, 1.165) is 5.69 Å². The molecule has 1 saturated heterocycles. The molecule has 0 aliphatic carbocycles. The molecule has 20 heavy (non-hydrogen) atoms. The Kier molecular flexibility index (Phi) is 3.69. The van der Waals surface area contributed by atoms with E-state index in [0.29, 0.717) is 31.5 Å². The first-order chi connectivity index (χ1) is 9.38. The number of anilines is 1. The monoisotopic (exact) mass is 280 g/mol. The second kappa shape index (κ2) is 5.15. The van der Waals surface area contributed by atoms with Gasteiger partial charge in [-0.1, -0.05) is 6.92 Å². The minimum Gasteiger partial charge on any atom is -0.480 e. The van der Waals surface area contributed by atoms with Gasteiger partial charge in [-0.2, -0.15) is 5.10 Å². The number of hydrogen-bond acceptors (Lipinski definition) is 3. The van der Waals surface area contributed by atoms with Crippen LogP contribution >= 0.6 is 0 Å². The average molecular weight is 280 g/mol. The van der Waals surface area contributed by atoms with Crippen molar-refractivity contribution >= 4 is 17.7 Å². The van der Waals surface area contributed by atoms with Gasteiger partial charge in [0.15, 0.2) is 0 Å². The Morgan fingerprint density at radius 2 is 2.25 bits per heavy atom. The van der Waals surface area contributed by atoms with Gasteiger partial charge >= 0.3 is 12.0 Å². The first kappa shape index (κ1) is 14.4. The summed E-state index contributed by atoms with van der Waals surface area (Å²) in [6.45, 7) is 4.00. The number of nitrogens with zero attached hydrogens (tertiary/aromatic N) is 3. The smallest absolute Gasteiger partial charge is 0.329 e. The van der Waals surface area contributed by atoms with E-state index in [1.54, 1.807) is 24.9 Å². The number of urea groups is 1. The van der Waals surface area contributed by atoms with E-state index in [1.165, 1.54) is 4.90 Å². The Balaban J connectivity index is 2.17. The highest BCUT2D eigenvalue weighted by Gasteiger charge is 2.46. The van der Waals surface area contributed by atoms with Crippen molar-refractivity contribution in [3.05, 3.63) is 11.9 Å². The fourth-order valence-corrected chi connectivity index (χ4v) is 2.59. The van der Waals surface area contributed by atoms with Crippen LogP contribution in [0.4, 0.5) is 10.5 Å². The first-order valence-electron chi connectivity index (χ1n) is 6.73. The predicted molar refractivity (Wildman–Crippen MR) is 73.6 cm³/mol. The van der Waals surface area contributed by atoms with Gasteiger partial charge in [0.1, 0.15) is 5.54 Å². The maximum atomic E-state index is 12.3. The van der Waals surface area contributed by atoms with Crippen molar-refractivity contribution in [2.24, 2.45) is 7.05 Å². The summed E-state index contributed by atoms with van der Waals surface area (Å²) >= 11 is 0. The highest BCUT2D eigenvalue weighted by Crippen LogP contribution is 2.30. The highest BCUT2D eigenvalue weighted by atomic mass is 16.4. The number of rotatable bonds is 3. The number of amides is 2. The van der Waals surface area contributed by atoms with Gasteiger partial charge in [0.2, 0.25) is 0 Å². The molecular formula is C13H20N4O3. The molecular weight excluding hydrogens is 260 g/mol. The van der Waals surface area contributed by atoms with Gasteiger partial charge in [-0.05, 0) is 26.2 Å². The number of nitrogens with one attached hydrogen (secondary N) is 1. The number of aryl methyl sites for hydroxylation is 2. The average Bonchev–Trinajstić information content (AvgIpc) is 2.93. The van der Waals surface area contributed by atoms with E-state index in [-0.39, 0.29) is 6.03 Å². The van der Waals surface area contributed by atoms with Crippen LogP contribution in [-0.2, 0) is 18.3 Å². The molecule has 1 aromatic rings. The zero-order valence-electron chi connectivity index (χ0n) is 12.0. The number of hydrogen-bond donors (Lipinski definition) is 2. The minimum atomic E-state index is -1.13. The molecule has 7 heteroatoms. The Labute approximate surface area is 117 Å². The summed E-state index contributed by atoms with van der Waals surface area (Å²) in [6, 6.07) is -0.380. The van der Waals surface area contributed by atoms with Crippen LogP contribution in [0, 0.1) is 0 Å². The third-order valence-electron chi connectivity index (χ3n) is 3.83. The molecule has 2 N–H and O–H groups in total. The van der Waals surface area contributed by atoms with Crippen LogP contribution in [0.3, 0.4) is 0 Å². The summed E-state index contributed by atoms with van der Waals surface area (Å²) in [6.07, 6.45) is 3.60. The number of aromatic nitrogens is 2. The molecule has 2 amide bonds. The van der Waals surface area contributed by atoms with E-state index < -0.39 is 11.5 Å². The third-order valence-corrected chi connectivity index (χ3v) is 3.83. The summed E-state index contributed by atoms with van der Waals surface area (Å²) in [5.41, 5.74) is 0.301. The van der Waals surface area contributed by atoms with Crippen LogP contribution < -0.4 is 5.32 Å². The van der Waals surface area contributed by atoms with E-state index in [9.17, 15) is 14.7 Å². The van der Waals surface area contributed by atoms with E-state index in [1.807, 2.05) is 6.92 Å². The van der Waals surface area contributed by atoms with E-state index in [4.69, 9.17) is 0 Å². The van der Waals surface area contributed by atoms with Gasteiger partial charge in [-0.15, -0.1) is 0 Å². The molecule has 1 aliphatic rings. The summed E-state index contributed by atoms with van der Waals surface area (Å²) in [5.74, 6) is -0.966. The molecule has 2 heterocycles. The van der Waals surface area contributed by atoms with Crippen LogP contribution in [-0.4, -0.2) is 43.9 Å². The lowest BCUT2D eigenvalue weighted by Crippen LogP contribution is -2.52. The highest BCUT2D eigenvalue weighted by molar-refractivity contribution is 5.94. The minimum absolute atomic E-state index is 0.380. The summed E-state index contributed by atoms with van der Waals surface area (Å²) in [7, 11) is 1.78. The lowest BCUT2D eigenvalue weighted by Gasteiger charge is -2.31. The summed E-state index contributed by atoms with van der Waals surface area (Å²) in [4.78, 5) is 25.1. The molecule has 110 valence electrons. The Hall–Kier alpha value is -2.05. The molecule has 1 aromatic heterocycles. The largest absolute Gasteiger partial charge is 0.480 e. The lowest BCUT2D eigenvalue weighted by atomic mass is 10.00. The zero-order valence-corrected chi connectivity index (χ0v) is 12.0. The van der Waals surface area contributed by atoms with Crippen molar-refractivity contribution in [2.45, 2.75) is 38.6 Å². The molecule has 0 radical (unpaired) electrons. The molecule has 0 saturated carbocycles. The molecule has 1 fully saturated rings. The lowest BCUT2D eigenvalue weighted by molar-refractivity contribution is -0.146. The van der Waals surface area contributed by atoms with Crippen molar-refractivity contribution in [2.75, 3.05) is 11.9 Å². The second-order valence-corrected chi connectivity index (χ2v) is 5.28. The van der Waals surface area contributed by atoms with Gasteiger partial charge in [0, 0.05) is 19.8 Å². The van der Waals surface area contributed by atoms with Crippen molar-refractivity contribution in [3.8, 4) is 0 Å². The van der Waals surface area contributed by atoms with Crippen LogP contribution in [0.15, 0.2) is 6.20 Å². The van der Waals surface area contributed by atoms with Crippen molar-refractivity contribution in [3.63, 3.8) is 0 Å². The number of carboxylic acids is 1. The normalized spacial score (nSPS) is 22.1. The summed E-state index contributed by atoms with van der Waals surface area (Å²) < 4.78 is 1.63. The van der Waals surface area contributed by atoms with Gasteiger partial charge in [0.05, 0.1) is 11.4 Å². The number of carbonyl (C=O) groups excluding carboxylic acids is 1. The van der Waals surface area contributed by atoms with Gasteiger partial charge in [-0.25, -0.2) is 9.59 Å². The Morgan fingerprint density at radius 3 is 2.85 bits per heavy atom. The molecule has 0 aromatic carbocycles. The standard InChI is InChI=1S/C13H20N4O3/c1-4-9-10(8-16(3)15-9)14-12(20)17-7-5-6-13(17,2)11(18)19/h8H,4-7H2,1-3H3,(H,14,20)(H,18,19). The maximum Gasteiger partial charge on any atom is 0.329 e. The zero-order chi connectivity index (χ0) is 14.9. The van der Waals surface area contributed by atoms with Crippen molar-refractivity contribution < 1.29 is 14.7 Å². The van der Waals surface area contributed by atoms with E-state index >= 15 is 0 Å². The van der Waals surface area contributed by atoms with Crippen molar-refractivity contribution in [1.82, 2.24) is 14.7 Å². The van der Waals surface area contributed by atoms with Crippen LogP contribution in [0.25, 0.3) is 0 Å². The van der Waals surface area contributed by atoms with Crippen LogP contribution in [0.1, 0.15) is 32.4 Å². The molecule has 1 aliphatic heterocycles. The number of aliphatic carboxylic acids is 1. The predicted octanol–water partition coefficient (Wildman–Crippen LogP) is 1.45. The quantitative estimate of drug-likeness (QED) is 0.877. The topological polar surface area (TPSA) is 87.5 Å². The van der Waals surface area contributed by atoms with Gasteiger partial charge in [-0.3, -0.25) is 4.68 Å². The van der Waals surface area contributed by atoms with Crippen LogP contribution in [0.5, 0.6) is 0 Å². The second-order valence-electron chi connectivity index (χ2n) is 5.28. The maximum absolute atomic E-state index is 12.3. The number of carboxylic acid groups (broad SMARTS) is 1. The molecule has 2 rings (SSSR count). The number of likely N-dealkylation sites (tertiary alicyclic amines) is 1. The first-order valence-corrected chi connectivity index (χ1v) is 6.73. The Bertz CT molecular complexity index is 540. The molecule has 0 spiro atoms. The number of carbonyl (C=O) groups is 2. The molecule has 1 unspecified atom stereocenters. The van der Waals surface area contributed by atoms with Gasteiger partial charge < -0.3 is 15.3 Å². The van der Waals surface area contributed by atoms with Crippen molar-refractivity contribution in [1.29, 1.82) is 0 Å². The van der Waals surface area contributed by atoms with E-state index in [2.05, 4.69) is 10.4 Å². The summed E-state index contributed by atoms with van der Waals surface area (Å²) in [5, 5.41) is 16.3. The fraction of sp³-hybridized carbons (Fsp3) is 0.615. The fourth-order valence-electron chi connectivity index (χ4n) is 2.59. The molecule has 7 nitrogen and oxygen atoms in total. The molecule has 0 bridgehead atoms. The third kappa shape index (κ3) is 2.35. The Morgan fingerprint density at radius 1 is 1.55 bits per heavy atom.